The van der Waals surface area contributed by atoms with Crippen LogP contribution >= 0.6 is 0 Å². The SMILES string of the molecule is Nc1cccc2c1Cc1c-2cccc1-n1c(N)nc(=O)c2[nH]cnc21. The van der Waals surface area contributed by atoms with Gasteiger partial charge in [-0.15, -0.1) is 0 Å². The highest BCUT2D eigenvalue weighted by atomic mass is 16.1. The molecule has 0 radical (unpaired) electrons. The molecule has 0 bridgehead atoms. The van der Waals surface area contributed by atoms with Gasteiger partial charge in [0, 0.05) is 12.1 Å². The van der Waals surface area contributed by atoms with E-state index >= 15 is 0 Å². The van der Waals surface area contributed by atoms with E-state index < -0.39 is 5.56 Å². The lowest BCUT2D eigenvalue weighted by Crippen LogP contribution is -2.18. The van der Waals surface area contributed by atoms with Crippen molar-refractivity contribution in [2.24, 2.45) is 0 Å². The Morgan fingerprint density at radius 3 is 2.64 bits per heavy atom. The molecule has 0 saturated carbocycles. The van der Waals surface area contributed by atoms with Gasteiger partial charge in [-0.25, -0.2) is 4.98 Å². The van der Waals surface area contributed by atoms with Crippen LogP contribution < -0.4 is 17.0 Å². The molecule has 2 heterocycles. The molecule has 1 aliphatic rings. The first-order valence-electron chi connectivity index (χ1n) is 7.87. The average Bonchev–Trinajstić information content (AvgIpc) is 3.21. The Bertz CT molecular complexity index is 1220. The summed E-state index contributed by atoms with van der Waals surface area (Å²) in [5.41, 5.74) is 18.7. The van der Waals surface area contributed by atoms with Gasteiger partial charge in [0.25, 0.3) is 0 Å². The number of aromatic nitrogens is 4. The Hall–Kier alpha value is -3.61. The fraction of sp³-hybridized carbons (Fsp3) is 0.0556. The number of fused-ring (bicyclic) bond motifs is 4. The van der Waals surface area contributed by atoms with Gasteiger partial charge in [-0.1, -0.05) is 24.3 Å². The van der Waals surface area contributed by atoms with E-state index in [1.54, 1.807) is 4.57 Å². The summed E-state index contributed by atoms with van der Waals surface area (Å²) in [6.07, 6.45) is 2.17. The van der Waals surface area contributed by atoms with Crippen LogP contribution in [0.4, 0.5) is 11.6 Å². The van der Waals surface area contributed by atoms with Gasteiger partial charge in [-0.05, 0) is 34.4 Å². The summed E-state index contributed by atoms with van der Waals surface area (Å²) in [5.74, 6) is 0.113. The van der Waals surface area contributed by atoms with Crippen molar-refractivity contribution in [1.82, 2.24) is 19.5 Å². The molecule has 5 rings (SSSR count). The Morgan fingerprint density at radius 2 is 1.80 bits per heavy atom. The smallest absolute Gasteiger partial charge is 0.300 e. The Balaban J connectivity index is 1.84. The summed E-state index contributed by atoms with van der Waals surface area (Å²) < 4.78 is 1.72. The first kappa shape index (κ1) is 13.8. The van der Waals surface area contributed by atoms with Crippen molar-refractivity contribution in [3.05, 3.63) is 64.2 Å². The highest BCUT2D eigenvalue weighted by Crippen LogP contribution is 2.42. The number of anilines is 2. The number of imidazole rings is 1. The minimum atomic E-state index is -0.415. The number of nitrogens with one attached hydrogen (secondary N) is 1. The minimum absolute atomic E-state index is 0.113. The summed E-state index contributed by atoms with van der Waals surface area (Å²) in [7, 11) is 0. The maximum Gasteiger partial charge on any atom is 0.300 e. The summed E-state index contributed by atoms with van der Waals surface area (Å²) in [6.45, 7) is 0. The molecule has 4 aromatic rings. The summed E-state index contributed by atoms with van der Waals surface area (Å²) >= 11 is 0. The molecular weight excluding hydrogens is 316 g/mol. The number of aromatic amines is 1. The number of rotatable bonds is 1. The number of benzene rings is 2. The van der Waals surface area contributed by atoms with E-state index in [0.717, 1.165) is 33.6 Å². The van der Waals surface area contributed by atoms with Crippen molar-refractivity contribution in [3.8, 4) is 16.8 Å². The third-order valence-electron chi connectivity index (χ3n) is 4.74. The van der Waals surface area contributed by atoms with Gasteiger partial charge in [-0.3, -0.25) is 9.36 Å². The molecule has 0 amide bonds. The second-order valence-corrected chi connectivity index (χ2v) is 6.07. The van der Waals surface area contributed by atoms with Crippen molar-refractivity contribution in [3.63, 3.8) is 0 Å². The van der Waals surface area contributed by atoms with Gasteiger partial charge >= 0.3 is 5.56 Å². The number of hydrogen-bond donors (Lipinski definition) is 3. The fourth-order valence-corrected chi connectivity index (χ4v) is 3.62. The van der Waals surface area contributed by atoms with Crippen molar-refractivity contribution in [2.75, 3.05) is 11.5 Å². The lowest BCUT2D eigenvalue weighted by atomic mass is 10.0. The molecule has 0 saturated heterocycles. The quantitative estimate of drug-likeness (QED) is 0.406. The van der Waals surface area contributed by atoms with Crippen LogP contribution in [-0.2, 0) is 6.42 Å². The van der Waals surface area contributed by atoms with Crippen molar-refractivity contribution < 1.29 is 0 Å². The van der Waals surface area contributed by atoms with Crippen molar-refractivity contribution >= 4 is 22.8 Å². The summed E-state index contributed by atoms with van der Waals surface area (Å²) in [4.78, 5) is 23.0. The number of nitrogens with zero attached hydrogens (tertiary/aromatic N) is 3. The van der Waals surface area contributed by atoms with E-state index in [4.69, 9.17) is 11.5 Å². The molecule has 1 aliphatic carbocycles. The first-order valence-corrected chi connectivity index (χ1v) is 7.87. The highest BCUT2D eigenvalue weighted by Gasteiger charge is 2.25. The maximum absolute atomic E-state index is 12.0. The number of hydrogen-bond acceptors (Lipinski definition) is 5. The van der Waals surface area contributed by atoms with E-state index in [2.05, 4.69) is 27.1 Å². The second-order valence-electron chi connectivity index (χ2n) is 6.07. The first-order chi connectivity index (χ1) is 12.1. The van der Waals surface area contributed by atoms with E-state index in [-0.39, 0.29) is 5.95 Å². The third kappa shape index (κ3) is 1.77. The van der Waals surface area contributed by atoms with Gasteiger partial charge < -0.3 is 16.5 Å². The van der Waals surface area contributed by atoms with E-state index in [1.165, 1.54) is 6.33 Å². The normalized spacial score (nSPS) is 12.3. The maximum atomic E-state index is 12.0. The van der Waals surface area contributed by atoms with Gasteiger partial charge in [-0.2, -0.15) is 4.98 Å². The summed E-state index contributed by atoms with van der Waals surface area (Å²) in [6, 6.07) is 11.9. The van der Waals surface area contributed by atoms with E-state index in [1.807, 2.05) is 24.3 Å². The van der Waals surface area contributed by atoms with Gasteiger partial charge in [0.15, 0.2) is 11.2 Å². The molecule has 122 valence electrons. The molecule has 5 N–H and O–H groups in total. The topological polar surface area (TPSA) is 116 Å². The number of nitrogens with two attached hydrogens (primary N) is 2. The molecule has 0 fully saturated rings. The fourth-order valence-electron chi connectivity index (χ4n) is 3.62. The Morgan fingerprint density at radius 1 is 1.04 bits per heavy atom. The molecule has 0 atom stereocenters. The van der Waals surface area contributed by atoms with Gasteiger partial charge in [0.1, 0.15) is 0 Å². The van der Waals surface area contributed by atoms with Crippen LogP contribution in [0.15, 0.2) is 47.5 Å². The largest absolute Gasteiger partial charge is 0.398 e. The van der Waals surface area contributed by atoms with Crippen LogP contribution in [0.2, 0.25) is 0 Å². The highest BCUT2D eigenvalue weighted by molar-refractivity contribution is 5.85. The van der Waals surface area contributed by atoms with Crippen molar-refractivity contribution in [1.29, 1.82) is 0 Å². The molecule has 7 heteroatoms. The van der Waals surface area contributed by atoms with E-state index in [9.17, 15) is 4.79 Å². The van der Waals surface area contributed by atoms with E-state index in [0.29, 0.717) is 17.6 Å². The lowest BCUT2D eigenvalue weighted by Gasteiger charge is -2.14. The van der Waals surface area contributed by atoms with Crippen molar-refractivity contribution in [2.45, 2.75) is 6.42 Å². The van der Waals surface area contributed by atoms with Crippen LogP contribution in [0.1, 0.15) is 11.1 Å². The predicted molar refractivity (Wildman–Crippen MR) is 96.6 cm³/mol. The summed E-state index contributed by atoms with van der Waals surface area (Å²) in [5, 5.41) is 0. The molecular formula is C18H14N6O. The molecule has 0 aliphatic heterocycles. The molecule has 0 unspecified atom stereocenters. The van der Waals surface area contributed by atoms with Crippen LogP contribution in [0, 0.1) is 0 Å². The molecule has 2 aromatic heterocycles. The van der Waals surface area contributed by atoms with Gasteiger partial charge in [0.2, 0.25) is 5.95 Å². The Kier molecular flexibility index (Phi) is 2.59. The standard InChI is InChI=1S/C18H14N6O/c19-13-5-1-3-9-10-4-2-6-14(12(10)7-11(9)13)24-16-15(21-8-22-16)17(25)23-18(24)20/h1-6,8H,7,19H2,(H,21,22)(H2,20,23,25). The lowest BCUT2D eigenvalue weighted by molar-refractivity contribution is 1.00. The predicted octanol–water partition coefficient (Wildman–Crippen LogP) is 1.84. The van der Waals surface area contributed by atoms with Crippen LogP contribution in [0.5, 0.6) is 0 Å². The Labute approximate surface area is 142 Å². The molecule has 2 aromatic carbocycles. The van der Waals surface area contributed by atoms with Crippen LogP contribution in [0.3, 0.4) is 0 Å². The zero-order valence-electron chi connectivity index (χ0n) is 13.2. The second kappa shape index (κ2) is 4.70. The number of H-pyrrole nitrogens is 1. The zero-order valence-corrected chi connectivity index (χ0v) is 13.2. The minimum Gasteiger partial charge on any atom is -0.398 e. The molecule has 25 heavy (non-hydrogen) atoms. The number of nitrogen functional groups attached to an aromatic ring is 2. The molecule has 7 nitrogen and oxygen atoms in total. The zero-order chi connectivity index (χ0) is 17.1. The molecule has 0 spiro atoms. The van der Waals surface area contributed by atoms with Crippen LogP contribution in [0.25, 0.3) is 28.0 Å². The monoisotopic (exact) mass is 330 g/mol. The van der Waals surface area contributed by atoms with Crippen LogP contribution in [-0.4, -0.2) is 19.5 Å². The van der Waals surface area contributed by atoms with Gasteiger partial charge in [0.05, 0.1) is 12.0 Å². The third-order valence-corrected chi connectivity index (χ3v) is 4.74. The average molecular weight is 330 g/mol.